The van der Waals surface area contributed by atoms with Crippen LogP contribution in [0.3, 0.4) is 0 Å². The Bertz CT molecular complexity index is 239. The highest BCUT2D eigenvalue weighted by Gasteiger charge is 2.20. The second kappa shape index (κ2) is 5.58. The van der Waals surface area contributed by atoms with Crippen LogP contribution in [-0.2, 0) is 4.79 Å². The molecule has 0 bridgehead atoms. The first-order chi connectivity index (χ1) is 7.19. The lowest BCUT2D eigenvalue weighted by Gasteiger charge is -2.20. The Morgan fingerprint density at radius 1 is 1.47 bits per heavy atom. The van der Waals surface area contributed by atoms with E-state index in [1.165, 1.54) is 0 Å². The highest BCUT2D eigenvalue weighted by atomic mass is 16.2. The third-order valence-corrected chi connectivity index (χ3v) is 2.66. The molecule has 0 unspecified atom stereocenters. The van der Waals surface area contributed by atoms with Gasteiger partial charge in [-0.15, -0.1) is 0 Å². The lowest BCUT2D eigenvalue weighted by atomic mass is 10.3. The van der Waals surface area contributed by atoms with Crippen molar-refractivity contribution in [2.45, 2.75) is 20.3 Å². The van der Waals surface area contributed by atoms with Crippen LogP contribution in [0.2, 0.25) is 0 Å². The molecular formula is C10H19N3O2. The van der Waals surface area contributed by atoms with Gasteiger partial charge < -0.3 is 15.1 Å². The van der Waals surface area contributed by atoms with Gasteiger partial charge in [0.15, 0.2) is 0 Å². The zero-order valence-corrected chi connectivity index (χ0v) is 9.45. The fraction of sp³-hybridized carbons (Fsp3) is 0.800. The molecule has 15 heavy (non-hydrogen) atoms. The molecule has 0 aromatic rings. The normalized spacial score (nSPS) is 15.3. The molecule has 5 heteroatoms. The fourth-order valence-electron chi connectivity index (χ4n) is 1.69. The summed E-state index contributed by atoms with van der Waals surface area (Å²) < 4.78 is 0. The number of carbonyl (C=O) groups is 2. The summed E-state index contributed by atoms with van der Waals surface area (Å²) in [5, 5.41) is 2.71. The molecule has 1 N–H and O–H groups in total. The van der Waals surface area contributed by atoms with Crippen molar-refractivity contribution in [3.8, 4) is 0 Å². The number of nitrogens with zero attached hydrogens (tertiary/aromatic N) is 2. The maximum absolute atomic E-state index is 11.6. The average Bonchev–Trinajstić information content (AvgIpc) is 2.63. The van der Waals surface area contributed by atoms with Gasteiger partial charge in [-0.05, 0) is 13.8 Å². The minimum absolute atomic E-state index is 0.0534. The molecule has 1 fully saturated rings. The van der Waals surface area contributed by atoms with E-state index in [-0.39, 0.29) is 11.9 Å². The number of rotatable bonds is 5. The first-order valence-electron chi connectivity index (χ1n) is 5.49. The number of nitrogens with one attached hydrogen (secondary N) is 1. The highest BCUT2D eigenvalue weighted by molar-refractivity contribution is 5.79. The molecule has 0 atom stereocenters. The molecule has 0 spiro atoms. The Balaban J connectivity index is 2.29. The molecule has 3 amide bonds. The molecule has 0 radical (unpaired) electrons. The number of hydrogen-bond donors (Lipinski definition) is 1. The molecule has 5 nitrogen and oxygen atoms in total. The molecule has 1 aliphatic heterocycles. The van der Waals surface area contributed by atoms with Gasteiger partial charge >= 0.3 is 6.03 Å². The SMILES string of the molecule is CCN(CC)C(=O)CCN1CCNC1=O. The van der Waals surface area contributed by atoms with Crippen molar-refractivity contribution in [3.05, 3.63) is 0 Å². The Hall–Kier alpha value is -1.26. The minimum atomic E-state index is -0.0534. The van der Waals surface area contributed by atoms with Crippen LogP contribution in [0.1, 0.15) is 20.3 Å². The van der Waals surface area contributed by atoms with Crippen LogP contribution in [0.4, 0.5) is 4.79 Å². The predicted molar refractivity (Wildman–Crippen MR) is 57.5 cm³/mol. The van der Waals surface area contributed by atoms with E-state index >= 15 is 0 Å². The Morgan fingerprint density at radius 2 is 2.13 bits per heavy atom. The van der Waals surface area contributed by atoms with Gasteiger partial charge in [-0.25, -0.2) is 4.79 Å². The van der Waals surface area contributed by atoms with E-state index in [0.717, 1.165) is 13.1 Å². The highest BCUT2D eigenvalue weighted by Crippen LogP contribution is 2.00. The van der Waals surface area contributed by atoms with Gasteiger partial charge in [0.2, 0.25) is 5.91 Å². The zero-order valence-electron chi connectivity index (χ0n) is 9.45. The smallest absolute Gasteiger partial charge is 0.317 e. The molecule has 0 aliphatic carbocycles. The van der Waals surface area contributed by atoms with Crippen LogP contribution in [0.25, 0.3) is 0 Å². The van der Waals surface area contributed by atoms with Gasteiger partial charge in [-0.2, -0.15) is 0 Å². The maximum atomic E-state index is 11.6. The molecule has 1 saturated heterocycles. The van der Waals surface area contributed by atoms with Crippen molar-refractivity contribution in [3.63, 3.8) is 0 Å². The van der Waals surface area contributed by atoms with Crippen molar-refractivity contribution >= 4 is 11.9 Å². The first-order valence-corrected chi connectivity index (χ1v) is 5.49. The molecular weight excluding hydrogens is 194 g/mol. The summed E-state index contributed by atoms with van der Waals surface area (Å²) >= 11 is 0. The monoisotopic (exact) mass is 213 g/mol. The summed E-state index contributed by atoms with van der Waals surface area (Å²) in [7, 11) is 0. The molecule has 86 valence electrons. The molecule has 1 aliphatic rings. The average molecular weight is 213 g/mol. The summed E-state index contributed by atoms with van der Waals surface area (Å²) in [5.74, 6) is 0.125. The van der Waals surface area contributed by atoms with Gasteiger partial charge in [0.25, 0.3) is 0 Å². The Morgan fingerprint density at radius 3 is 2.60 bits per heavy atom. The third kappa shape index (κ3) is 3.11. The topological polar surface area (TPSA) is 52.7 Å². The lowest BCUT2D eigenvalue weighted by molar-refractivity contribution is -0.130. The van der Waals surface area contributed by atoms with Crippen LogP contribution in [0.15, 0.2) is 0 Å². The number of amides is 3. The second-order valence-corrected chi connectivity index (χ2v) is 3.54. The van der Waals surface area contributed by atoms with E-state index in [2.05, 4.69) is 5.32 Å². The van der Waals surface area contributed by atoms with Gasteiger partial charge in [0, 0.05) is 39.1 Å². The van der Waals surface area contributed by atoms with Crippen LogP contribution in [-0.4, -0.2) is 54.5 Å². The van der Waals surface area contributed by atoms with Crippen LogP contribution < -0.4 is 5.32 Å². The molecule has 0 aromatic heterocycles. The largest absolute Gasteiger partial charge is 0.343 e. The van der Waals surface area contributed by atoms with E-state index < -0.39 is 0 Å². The van der Waals surface area contributed by atoms with E-state index in [0.29, 0.717) is 26.1 Å². The Kier molecular flexibility index (Phi) is 4.39. The van der Waals surface area contributed by atoms with Crippen LogP contribution in [0, 0.1) is 0 Å². The van der Waals surface area contributed by atoms with Gasteiger partial charge in [-0.1, -0.05) is 0 Å². The summed E-state index contributed by atoms with van der Waals surface area (Å²) in [4.78, 5) is 26.3. The van der Waals surface area contributed by atoms with E-state index in [1.54, 1.807) is 9.80 Å². The minimum Gasteiger partial charge on any atom is -0.343 e. The summed E-state index contributed by atoms with van der Waals surface area (Å²) in [6.07, 6.45) is 0.426. The summed E-state index contributed by atoms with van der Waals surface area (Å²) in [6, 6.07) is -0.0534. The van der Waals surface area contributed by atoms with Crippen molar-refractivity contribution < 1.29 is 9.59 Å². The number of hydrogen-bond acceptors (Lipinski definition) is 2. The molecule has 1 heterocycles. The van der Waals surface area contributed by atoms with Gasteiger partial charge in [0.1, 0.15) is 0 Å². The third-order valence-electron chi connectivity index (χ3n) is 2.66. The predicted octanol–water partition coefficient (Wildman–Crippen LogP) is 0.270. The summed E-state index contributed by atoms with van der Waals surface area (Å²) in [5.41, 5.74) is 0. The van der Waals surface area contributed by atoms with Crippen molar-refractivity contribution in [2.75, 3.05) is 32.7 Å². The van der Waals surface area contributed by atoms with Crippen molar-refractivity contribution in [1.82, 2.24) is 15.1 Å². The maximum Gasteiger partial charge on any atom is 0.317 e. The molecule has 0 saturated carbocycles. The lowest BCUT2D eigenvalue weighted by Crippen LogP contribution is -2.35. The zero-order chi connectivity index (χ0) is 11.3. The molecule has 1 rings (SSSR count). The van der Waals surface area contributed by atoms with Gasteiger partial charge in [0.05, 0.1) is 0 Å². The van der Waals surface area contributed by atoms with Crippen molar-refractivity contribution in [1.29, 1.82) is 0 Å². The first kappa shape index (κ1) is 11.8. The fourth-order valence-corrected chi connectivity index (χ4v) is 1.69. The van der Waals surface area contributed by atoms with Gasteiger partial charge in [-0.3, -0.25) is 4.79 Å². The van der Waals surface area contributed by atoms with Crippen molar-refractivity contribution in [2.24, 2.45) is 0 Å². The van der Waals surface area contributed by atoms with Crippen LogP contribution >= 0.6 is 0 Å². The van der Waals surface area contributed by atoms with Crippen LogP contribution in [0.5, 0.6) is 0 Å². The Labute approximate surface area is 90.4 Å². The number of urea groups is 1. The summed E-state index contributed by atoms with van der Waals surface area (Å²) in [6.45, 7) is 7.33. The van der Waals surface area contributed by atoms with E-state index in [1.807, 2.05) is 13.8 Å². The standard InChI is InChI=1S/C10H19N3O2/c1-3-12(4-2)9(14)5-7-13-8-6-11-10(13)15/h3-8H2,1-2H3,(H,11,15). The van der Waals surface area contributed by atoms with E-state index in [9.17, 15) is 9.59 Å². The van der Waals surface area contributed by atoms with E-state index in [4.69, 9.17) is 0 Å². The second-order valence-electron chi connectivity index (χ2n) is 3.54. The molecule has 0 aromatic carbocycles. The number of carbonyl (C=O) groups excluding carboxylic acids is 2. The quantitative estimate of drug-likeness (QED) is 0.712.